The first-order valence-corrected chi connectivity index (χ1v) is 21.6. The fraction of sp³-hybridized carbons (Fsp3) is 0.0517. The van der Waals surface area contributed by atoms with Gasteiger partial charge in [0.15, 0.2) is 17.5 Å². The van der Waals surface area contributed by atoms with Crippen molar-refractivity contribution in [2.45, 2.75) is 18.8 Å². The monoisotopic (exact) mass is 807 g/mol. The summed E-state index contributed by atoms with van der Waals surface area (Å²) in [6.07, 6.45) is 1.82. The van der Waals surface area contributed by atoms with Gasteiger partial charge in [0, 0.05) is 38.6 Å². The zero-order chi connectivity index (χ0) is 41.4. The molecule has 1 aliphatic carbocycles. The summed E-state index contributed by atoms with van der Waals surface area (Å²) in [6, 6.07) is 68.5. The van der Waals surface area contributed by atoms with Crippen LogP contribution >= 0.6 is 0 Å². The Morgan fingerprint density at radius 2 is 0.984 bits per heavy atom. The molecule has 1 atom stereocenters. The maximum atomic E-state index is 6.65. The van der Waals surface area contributed by atoms with Gasteiger partial charge in [0.1, 0.15) is 22.3 Å². The summed E-state index contributed by atoms with van der Waals surface area (Å²) in [5.41, 5.74) is 14.4. The van der Waals surface area contributed by atoms with Gasteiger partial charge in [-0.05, 0) is 105 Å². The molecule has 0 fully saturated rings. The Morgan fingerprint density at radius 1 is 0.365 bits per heavy atom. The zero-order valence-corrected chi connectivity index (χ0v) is 34.1. The Hall–Kier alpha value is -8.15. The first-order valence-electron chi connectivity index (χ1n) is 21.6. The normalized spacial score (nSPS) is 13.7. The molecule has 1 aliphatic rings. The van der Waals surface area contributed by atoms with E-state index < -0.39 is 0 Å². The van der Waals surface area contributed by atoms with Crippen LogP contribution in [-0.2, 0) is 6.42 Å². The van der Waals surface area contributed by atoms with Crippen molar-refractivity contribution in [2.75, 3.05) is 0 Å². The molecule has 0 spiro atoms. The van der Waals surface area contributed by atoms with Crippen molar-refractivity contribution in [3.63, 3.8) is 0 Å². The third-order valence-electron chi connectivity index (χ3n) is 13.0. The summed E-state index contributed by atoms with van der Waals surface area (Å²) >= 11 is 0. The van der Waals surface area contributed by atoms with Gasteiger partial charge in [0.05, 0.1) is 5.56 Å². The highest BCUT2D eigenvalue weighted by atomic mass is 16.3. The number of nitrogens with zero attached hydrogens (tertiary/aromatic N) is 3. The fourth-order valence-electron chi connectivity index (χ4n) is 9.98. The molecule has 12 aromatic rings. The molecule has 0 bridgehead atoms. The fourth-order valence-corrected chi connectivity index (χ4v) is 9.98. The maximum Gasteiger partial charge on any atom is 0.167 e. The number of hydrogen-bond donors (Lipinski definition) is 0. The van der Waals surface area contributed by atoms with Gasteiger partial charge in [-0.15, -0.1) is 0 Å². The van der Waals surface area contributed by atoms with Crippen LogP contribution in [0.2, 0.25) is 0 Å². The number of aryl methyl sites for hydroxylation is 1. The second-order valence-corrected chi connectivity index (χ2v) is 16.6. The predicted molar refractivity (Wildman–Crippen MR) is 256 cm³/mol. The second kappa shape index (κ2) is 14.2. The number of benzene rings is 9. The van der Waals surface area contributed by atoms with E-state index >= 15 is 0 Å². The van der Waals surface area contributed by atoms with Crippen LogP contribution in [0.15, 0.2) is 203 Å². The minimum Gasteiger partial charge on any atom is -0.456 e. The van der Waals surface area contributed by atoms with Crippen LogP contribution in [0.25, 0.3) is 111 Å². The van der Waals surface area contributed by atoms with Gasteiger partial charge in [-0.3, -0.25) is 0 Å². The van der Waals surface area contributed by atoms with Crippen molar-refractivity contribution in [3.8, 4) is 56.4 Å². The van der Waals surface area contributed by atoms with Crippen molar-refractivity contribution in [1.29, 1.82) is 0 Å². The molecule has 0 amide bonds. The number of hydrogen-bond acceptors (Lipinski definition) is 5. The molecule has 5 nitrogen and oxygen atoms in total. The van der Waals surface area contributed by atoms with Crippen LogP contribution in [0, 0.1) is 0 Å². The Morgan fingerprint density at radius 3 is 1.84 bits per heavy atom. The number of aromatic nitrogens is 3. The largest absolute Gasteiger partial charge is 0.456 e. The van der Waals surface area contributed by atoms with Gasteiger partial charge in [0.2, 0.25) is 0 Å². The number of para-hydroxylation sites is 3. The maximum absolute atomic E-state index is 6.65. The van der Waals surface area contributed by atoms with Crippen molar-refractivity contribution >= 4 is 54.6 Å². The van der Waals surface area contributed by atoms with E-state index in [1.807, 2.05) is 36.4 Å². The lowest BCUT2D eigenvalue weighted by atomic mass is 9.82. The minimum atomic E-state index is 0.0219. The van der Waals surface area contributed by atoms with E-state index in [4.69, 9.17) is 23.8 Å². The van der Waals surface area contributed by atoms with E-state index in [2.05, 4.69) is 158 Å². The van der Waals surface area contributed by atoms with Crippen LogP contribution in [0.3, 0.4) is 0 Å². The number of fused-ring (bicyclic) bond motifs is 10. The van der Waals surface area contributed by atoms with Gasteiger partial charge in [-0.2, -0.15) is 0 Å². The van der Waals surface area contributed by atoms with Crippen molar-refractivity contribution in [1.82, 2.24) is 15.0 Å². The molecule has 0 aliphatic heterocycles. The summed E-state index contributed by atoms with van der Waals surface area (Å²) < 4.78 is 13.3. The van der Waals surface area contributed by atoms with E-state index in [9.17, 15) is 0 Å². The lowest BCUT2D eigenvalue weighted by molar-refractivity contribution is 0.668. The van der Waals surface area contributed by atoms with Crippen LogP contribution in [0.5, 0.6) is 0 Å². The van der Waals surface area contributed by atoms with Gasteiger partial charge in [0.25, 0.3) is 0 Å². The van der Waals surface area contributed by atoms with E-state index in [0.29, 0.717) is 17.5 Å². The molecule has 13 rings (SSSR count). The molecule has 0 saturated carbocycles. The van der Waals surface area contributed by atoms with E-state index in [-0.39, 0.29) is 5.92 Å². The molecule has 63 heavy (non-hydrogen) atoms. The topological polar surface area (TPSA) is 65.0 Å². The summed E-state index contributed by atoms with van der Waals surface area (Å²) in [5.74, 6) is 1.72. The Bertz CT molecular complexity index is 3770. The third kappa shape index (κ3) is 5.88. The summed E-state index contributed by atoms with van der Waals surface area (Å²) in [4.78, 5) is 16.2. The molecule has 3 heterocycles. The van der Waals surface area contributed by atoms with Crippen LogP contribution in [0.1, 0.15) is 29.0 Å². The minimum absolute atomic E-state index is 0.0219. The quantitative estimate of drug-likeness (QED) is 0.173. The number of furan rings is 2. The molecule has 1 unspecified atom stereocenters. The predicted octanol–water partition coefficient (Wildman–Crippen LogP) is 15.2. The standard InChI is InChI=1S/C58H37N3O2/c1-2-14-35(15-3-1)36-18-12-19-40(31-36)56-59-57(47-25-13-24-46-44-22-8-11-27-53(44)63-55(46)47)61-58(60-56)51-34-54-50(45-23-9-10-26-52(45)62-54)33-49(51)43-29-28-39-30-37-16-4-5-17-38(37)32-48(39)42-21-7-6-20-41(42)43/h1-27,30-34,43H,28-29H2. The highest BCUT2D eigenvalue weighted by Crippen LogP contribution is 2.47. The first-order chi connectivity index (χ1) is 31.2. The average molecular weight is 808 g/mol. The Kier molecular flexibility index (Phi) is 8.03. The summed E-state index contributed by atoms with van der Waals surface area (Å²) in [6.45, 7) is 0. The smallest absolute Gasteiger partial charge is 0.167 e. The van der Waals surface area contributed by atoms with Crippen LogP contribution in [-0.4, -0.2) is 15.0 Å². The van der Waals surface area contributed by atoms with Crippen molar-refractivity contribution in [3.05, 3.63) is 211 Å². The molecule has 9 aromatic carbocycles. The van der Waals surface area contributed by atoms with Crippen LogP contribution in [0.4, 0.5) is 0 Å². The van der Waals surface area contributed by atoms with Gasteiger partial charge in [-0.25, -0.2) is 15.0 Å². The van der Waals surface area contributed by atoms with Crippen molar-refractivity contribution in [2.24, 2.45) is 0 Å². The Balaban J connectivity index is 1.08. The molecule has 3 aromatic heterocycles. The summed E-state index contributed by atoms with van der Waals surface area (Å²) in [7, 11) is 0. The van der Waals surface area contributed by atoms with E-state index in [1.54, 1.807) is 0 Å². The van der Waals surface area contributed by atoms with E-state index in [1.165, 1.54) is 33.0 Å². The summed E-state index contributed by atoms with van der Waals surface area (Å²) in [5, 5.41) is 6.74. The third-order valence-corrected chi connectivity index (χ3v) is 13.0. The second-order valence-electron chi connectivity index (χ2n) is 16.6. The molecule has 0 radical (unpaired) electrons. The number of rotatable bonds is 5. The first kappa shape index (κ1) is 35.6. The average Bonchev–Trinajstić information content (AvgIpc) is 3.87. The van der Waals surface area contributed by atoms with Gasteiger partial charge in [-0.1, -0.05) is 152 Å². The highest BCUT2D eigenvalue weighted by Gasteiger charge is 2.29. The highest BCUT2D eigenvalue weighted by molar-refractivity contribution is 6.09. The lowest BCUT2D eigenvalue weighted by Crippen LogP contribution is -2.07. The van der Waals surface area contributed by atoms with Gasteiger partial charge >= 0.3 is 0 Å². The van der Waals surface area contributed by atoms with E-state index in [0.717, 1.165) is 90.1 Å². The molecule has 5 heteroatoms. The van der Waals surface area contributed by atoms with Crippen molar-refractivity contribution < 1.29 is 8.83 Å². The van der Waals surface area contributed by atoms with Gasteiger partial charge < -0.3 is 8.83 Å². The molecule has 0 N–H and O–H groups in total. The SMILES string of the molecule is c1ccc(-c2cccc(-c3nc(-c4cc5oc6ccccc6c5cc4C4CCc5cc6ccccc6cc5-c5ccccc54)nc(-c4cccc5c4oc4ccccc45)n3)c2)cc1. The zero-order valence-electron chi connectivity index (χ0n) is 34.1. The molecule has 296 valence electrons. The Labute approximate surface area is 363 Å². The molecular formula is C58H37N3O2. The molecular weight excluding hydrogens is 771 g/mol. The lowest BCUT2D eigenvalue weighted by Gasteiger charge is -2.22. The molecule has 0 saturated heterocycles. The van der Waals surface area contributed by atoms with Crippen LogP contribution < -0.4 is 0 Å².